The van der Waals surface area contributed by atoms with E-state index in [9.17, 15) is 17.6 Å². The second-order valence-corrected chi connectivity index (χ2v) is 10.1. The van der Waals surface area contributed by atoms with Crippen LogP contribution < -0.4 is 4.31 Å². The van der Waals surface area contributed by atoms with Crippen LogP contribution in [0.25, 0.3) is 0 Å². The molecule has 1 fully saturated rings. The van der Waals surface area contributed by atoms with E-state index in [1.54, 1.807) is 4.90 Å². The molecule has 6 nitrogen and oxygen atoms in total. The Morgan fingerprint density at radius 3 is 2.33 bits per heavy atom. The number of piperidine rings is 1. The van der Waals surface area contributed by atoms with Crippen molar-refractivity contribution in [3.8, 4) is 0 Å². The highest BCUT2D eigenvalue weighted by Crippen LogP contribution is 2.25. The van der Waals surface area contributed by atoms with Crippen LogP contribution in [0.1, 0.15) is 18.4 Å². The van der Waals surface area contributed by atoms with Gasteiger partial charge in [0, 0.05) is 25.5 Å². The van der Waals surface area contributed by atoms with Crippen LogP contribution in [0.5, 0.6) is 0 Å². The van der Waals surface area contributed by atoms with Crippen molar-refractivity contribution in [2.75, 3.05) is 23.9 Å². The van der Waals surface area contributed by atoms with Crippen molar-refractivity contribution in [1.29, 1.82) is 0 Å². The SMILES string of the molecule is O=C(CN(c1ccc(F)cc1)S(=O)(=O)c1cccnc1)N1CCC(Cc2ccccc2)CC1. The van der Waals surface area contributed by atoms with E-state index < -0.39 is 15.8 Å². The lowest BCUT2D eigenvalue weighted by molar-refractivity contribution is -0.130. The Labute approximate surface area is 193 Å². The second-order valence-electron chi connectivity index (χ2n) is 8.19. The number of hydrogen-bond acceptors (Lipinski definition) is 4. The van der Waals surface area contributed by atoms with E-state index in [-0.39, 0.29) is 23.0 Å². The maximum absolute atomic E-state index is 13.5. The van der Waals surface area contributed by atoms with Gasteiger partial charge in [0.2, 0.25) is 5.91 Å². The molecular formula is C25H26FN3O3S. The van der Waals surface area contributed by atoms with Crippen LogP contribution in [-0.2, 0) is 21.2 Å². The van der Waals surface area contributed by atoms with Crippen LogP contribution in [0.15, 0.2) is 84.0 Å². The third-order valence-corrected chi connectivity index (χ3v) is 7.71. The monoisotopic (exact) mass is 467 g/mol. The van der Waals surface area contributed by atoms with Gasteiger partial charge in [0.25, 0.3) is 10.0 Å². The number of amides is 1. The number of hydrogen-bond donors (Lipinski definition) is 0. The van der Waals surface area contributed by atoms with Gasteiger partial charge in [-0.1, -0.05) is 30.3 Å². The topological polar surface area (TPSA) is 70.6 Å². The number of pyridine rings is 1. The Hall–Kier alpha value is -3.26. The predicted molar refractivity (Wildman–Crippen MR) is 125 cm³/mol. The number of anilines is 1. The third kappa shape index (κ3) is 5.57. The van der Waals surface area contributed by atoms with E-state index in [0.717, 1.165) is 23.6 Å². The zero-order valence-electron chi connectivity index (χ0n) is 18.2. The minimum Gasteiger partial charge on any atom is -0.341 e. The molecule has 1 aliphatic heterocycles. The highest BCUT2D eigenvalue weighted by molar-refractivity contribution is 7.92. The summed E-state index contributed by atoms with van der Waals surface area (Å²) in [4.78, 5) is 18.7. The van der Waals surface area contributed by atoms with E-state index in [1.165, 1.54) is 54.4 Å². The largest absolute Gasteiger partial charge is 0.341 e. The molecule has 2 aromatic carbocycles. The Morgan fingerprint density at radius 2 is 1.70 bits per heavy atom. The van der Waals surface area contributed by atoms with Crippen molar-refractivity contribution in [2.45, 2.75) is 24.2 Å². The fourth-order valence-corrected chi connectivity index (χ4v) is 5.48. The summed E-state index contributed by atoms with van der Waals surface area (Å²) in [6.07, 6.45) is 5.43. The van der Waals surface area contributed by atoms with Gasteiger partial charge in [0.15, 0.2) is 0 Å². The molecule has 33 heavy (non-hydrogen) atoms. The molecule has 1 aromatic heterocycles. The molecule has 0 atom stereocenters. The molecule has 0 spiro atoms. The Balaban J connectivity index is 1.47. The molecule has 4 rings (SSSR count). The summed E-state index contributed by atoms with van der Waals surface area (Å²) in [7, 11) is -4.05. The summed E-state index contributed by atoms with van der Waals surface area (Å²) in [6, 6.07) is 18.3. The van der Waals surface area contributed by atoms with Gasteiger partial charge in [-0.15, -0.1) is 0 Å². The third-order valence-electron chi connectivity index (χ3n) is 5.95. The van der Waals surface area contributed by atoms with Crippen molar-refractivity contribution in [1.82, 2.24) is 9.88 Å². The van der Waals surface area contributed by atoms with Crippen LogP contribution >= 0.6 is 0 Å². The number of carbonyl (C=O) groups is 1. The first-order valence-corrected chi connectivity index (χ1v) is 12.4. The van der Waals surface area contributed by atoms with Crippen molar-refractivity contribution >= 4 is 21.6 Å². The molecule has 1 saturated heterocycles. The smallest absolute Gasteiger partial charge is 0.266 e. The van der Waals surface area contributed by atoms with Gasteiger partial charge in [-0.3, -0.25) is 14.1 Å². The lowest BCUT2D eigenvalue weighted by Crippen LogP contribution is -2.46. The van der Waals surface area contributed by atoms with E-state index in [2.05, 4.69) is 17.1 Å². The van der Waals surface area contributed by atoms with Gasteiger partial charge >= 0.3 is 0 Å². The number of halogens is 1. The molecule has 0 saturated carbocycles. The Kier molecular flexibility index (Phi) is 7.03. The first kappa shape index (κ1) is 22.9. The fourth-order valence-electron chi connectivity index (χ4n) is 4.11. The normalized spacial score (nSPS) is 14.8. The van der Waals surface area contributed by atoms with E-state index in [1.807, 2.05) is 18.2 Å². The Morgan fingerprint density at radius 1 is 1.00 bits per heavy atom. The van der Waals surface area contributed by atoms with Crippen LogP contribution in [0.3, 0.4) is 0 Å². The lowest BCUT2D eigenvalue weighted by Gasteiger charge is -2.34. The van der Waals surface area contributed by atoms with Crippen molar-refractivity contribution < 1.29 is 17.6 Å². The molecule has 3 aromatic rings. The van der Waals surface area contributed by atoms with E-state index >= 15 is 0 Å². The Bertz CT molecular complexity index is 1160. The van der Waals surface area contributed by atoms with Gasteiger partial charge < -0.3 is 4.90 Å². The van der Waals surface area contributed by atoms with Crippen molar-refractivity contribution in [3.63, 3.8) is 0 Å². The van der Waals surface area contributed by atoms with Crippen molar-refractivity contribution in [2.24, 2.45) is 5.92 Å². The molecule has 0 aliphatic carbocycles. The fraction of sp³-hybridized carbons (Fsp3) is 0.280. The summed E-state index contributed by atoms with van der Waals surface area (Å²) in [6.45, 7) is 0.813. The number of sulfonamides is 1. The average molecular weight is 468 g/mol. The van der Waals surface area contributed by atoms with Gasteiger partial charge in [-0.05, 0) is 67.1 Å². The zero-order valence-corrected chi connectivity index (χ0v) is 19.0. The molecule has 8 heteroatoms. The summed E-state index contributed by atoms with van der Waals surface area (Å²) >= 11 is 0. The van der Waals surface area contributed by atoms with E-state index in [4.69, 9.17) is 0 Å². The zero-order chi connectivity index (χ0) is 23.3. The molecule has 0 bridgehead atoms. The number of carbonyl (C=O) groups excluding carboxylic acids is 1. The summed E-state index contributed by atoms with van der Waals surface area (Å²) in [5, 5.41) is 0. The average Bonchev–Trinajstić information content (AvgIpc) is 2.85. The van der Waals surface area contributed by atoms with Gasteiger partial charge in [0.1, 0.15) is 17.3 Å². The first-order chi connectivity index (χ1) is 15.9. The highest BCUT2D eigenvalue weighted by Gasteiger charge is 2.30. The number of aromatic nitrogens is 1. The van der Waals surface area contributed by atoms with Gasteiger partial charge in [0.05, 0.1) is 5.69 Å². The van der Waals surface area contributed by atoms with Crippen LogP contribution in [0, 0.1) is 11.7 Å². The molecule has 0 unspecified atom stereocenters. The summed E-state index contributed by atoms with van der Waals surface area (Å²) in [5.74, 6) is -0.266. The molecule has 172 valence electrons. The van der Waals surface area contributed by atoms with Crippen molar-refractivity contribution in [3.05, 3.63) is 90.5 Å². The molecule has 0 radical (unpaired) electrons. The second kappa shape index (κ2) is 10.1. The van der Waals surface area contributed by atoms with Gasteiger partial charge in [-0.2, -0.15) is 0 Å². The minimum absolute atomic E-state index is 0.0244. The number of benzene rings is 2. The standard InChI is InChI=1S/C25H26FN3O3S/c26-22-8-10-23(11-9-22)29(33(31,32)24-7-4-14-27-18-24)19-25(30)28-15-12-21(13-16-28)17-20-5-2-1-3-6-20/h1-11,14,18,21H,12-13,15-17,19H2. The molecule has 1 aliphatic rings. The van der Waals surface area contributed by atoms with Crippen LogP contribution in [-0.4, -0.2) is 43.8 Å². The maximum atomic E-state index is 13.5. The summed E-state index contributed by atoms with van der Waals surface area (Å²) < 4.78 is 41.1. The lowest BCUT2D eigenvalue weighted by atomic mass is 9.90. The summed E-state index contributed by atoms with van der Waals surface area (Å²) in [5.41, 5.74) is 1.51. The number of likely N-dealkylation sites (tertiary alicyclic amines) is 1. The quantitative estimate of drug-likeness (QED) is 0.529. The first-order valence-electron chi connectivity index (χ1n) is 10.9. The molecule has 0 N–H and O–H groups in total. The molecular weight excluding hydrogens is 441 g/mol. The van der Waals surface area contributed by atoms with E-state index in [0.29, 0.717) is 19.0 Å². The molecule has 1 amide bonds. The predicted octanol–water partition coefficient (Wildman–Crippen LogP) is 3.90. The molecule has 2 heterocycles. The minimum atomic E-state index is -4.05. The highest BCUT2D eigenvalue weighted by atomic mass is 32.2. The number of nitrogens with zero attached hydrogens (tertiary/aromatic N) is 3. The van der Waals surface area contributed by atoms with Crippen LogP contribution in [0.2, 0.25) is 0 Å². The maximum Gasteiger partial charge on any atom is 0.266 e. The number of rotatable bonds is 7. The van der Waals surface area contributed by atoms with Gasteiger partial charge in [-0.25, -0.2) is 12.8 Å². The van der Waals surface area contributed by atoms with Crippen LogP contribution in [0.4, 0.5) is 10.1 Å².